The molecule has 4 nitrogen and oxygen atoms in total. The molecule has 11 heavy (non-hydrogen) atoms. The van der Waals surface area contributed by atoms with Crippen LogP contribution in [0.1, 0.15) is 0 Å². The van der Waals surface area contributed by atoms with E-state index in [9.17, 15) is 0 Å². The number of rotatable bonds is 3. The zero-order chi connectivity index (χ0) is 7.28. The third kappa shape index (κ3) is 7.58. The van der Waals surface area contributed by atoms with Crippen molar-refractivity contribution >= 4 is 36.4 Å². The molecule has 0 radical (unpaired) electrons. The second-order valence-electron chi connectivity index (χ2n) is 1.44. The molecule has 0 aromatic carbocycles. The van der Waals surface area contributed by atoms with Gasteiger partial charge < -0.3 is 9.47 Å². The van der Waals surface area contributed by atoms with Gasteiger partial charge in [-0.25, -0.2) is 0 Å². The quantitative estimate of drug-likeness (QED) is 0.533. The zero-order valence-corrected chi connectivity index (χ0v) is 7.97. The number of halogens is 2. The van der Waals surface area contributed by atoms with E-state index in [0.29, 0.717) is 0 Å². The van der Waals surface area contributed by atoms with Crippen molar-refractivity contribution < 1.29 is 9.47 Å². The van der Waals surface area contributed by atoms with Gasteiger partial charge in [-0.1, -0.05) is 0 Å². The van der Waals surface area contributed by atoms with Crippen molar-refractivity contribution in [2.24, 2.45) is 0 Å². The molecule has 0 spiro atoms. The number of hydrogen-bond acceptors (Lipinski definition) is 4. The first-order valence-corrected chi connectivity index (χ1v) is 2.41. The van der Waals surface area contributed by atoms with Crippen LogP contribution in [0.25, 0.3) is 0 Å². The lowest BCUT2D eigenvalue weighted by Crippen LogP contribution is -2.18. The third-order valence-electron chi connectivity index (χ3n) is 0.767. The predicted octanol–water partition coefficient (Wildman–Crippen LogP) is 1.12. The number of nitrogens with one attached hydrogen (secondary N) is 2. The molecule has 0 rings (SSSR count). The molecule has 68 valence electrons. The Labute approximate surface area is 78.1 Å². The van der Waals surface area contributed by atoms with Crippen molar-refractivity contribution in [3.8, 4) is 0 Å². The molecule has 0 fully saturated rings. The minimum absolute atomic E-state index is 0. The van der Waals surface area contributed by atoms with Gasteiger partial charge in [0.1, 0.15) is 5.71 Å². The van der Waals surface area contributed by atoms with E-state index in [-0.39, 0.29) is 43.0 Å². The Morgan fingerprint density at radius 2 is 1.64 bits per heavy atom. The summed E-state index contributed by atoms with van der Waals surface area (Å²) in [5.41, 5.74) is 0.0556. The molecule has 0 aromatic rings. The maximum atomic E-state index is 7.02. The highest BCUT2D eigenvalue weighted by atomic mass is 35.5. The Kier molecular flexibility index (Phi) is 14.9. The molecule has 0 aromatic heterocycles. The summed E-state index contributed by atoms with van der Waals surface area (Å²) in [6, 6.07) is 0. The van der Waals surface area contributed by atoms with Crippen LogP contribution in [0.2, 0.25) is 0 Å². The van der Waals surface area contributed by atoms with Gasteiger partial charge in [0, 0.05) is 7.11 Å². The van der Waals surface area contributed by atoms with E-state index >= 15 is 0 Å². The molecule has 0 amide bonds. The minimum Gasteiger partial charge on any atom is -0.480 e. The highest BCUT2D eigenvalue weighted by Crippen LogP contribution is 1.79. The lowest BCUT2D eigenvalue weighted by molar-refractivity contribution is 0.244. The highest BCUT2D eigenvalue weighted by molar-refractivity contribution is 6.36. The van der Waals surface area contributed by atoms with Gasteiger partial charge in [-0.3, -0.25) is 10.8 Å². The second kappa shape index (κ2) is 9.68. The van der Waals surface area contributed by atoms with Crippen molar-refractivity contribution in [3.05, 3.63) is 0 Å². The summed E-state index contributed by atoms with van der Waals surface area (Å²) in [4.78, 5) is 0. The SMILES string of the molecule is COCC(=N)C(=N)OC.Cl.Cl. The fourth-order valence-electron chi connectivity index (χ4n) is 0.333. The molecule has 0 saturated carbocycles. The van der Waals surface area contributed by atoms with Gasteiger partial charge in [0.05, 0.1) is 13.7 Å². The second-order valence-corrected chi connectivity index (χ2v) is 1.44. The van der Waals surface area contributed by atoms with Crippen molar-refractivity contribution in [2.75, 3.05) is 20.8 Å². The topological polar surface area (TPSA) is 66.2 Å². The van der Waals surface area contributed by atoms with E-state index in [2.05, 4.69) is 9.47 Å². The number of hydrogen-bond donors (Lipinski definition) is 2. The molecular weight excluding hydrogens is 191 g/mol. The van der Waals surface area contributed by atoms with Gasteiger partial charge in [0.15, 0.2) is 0 Å². The molecule has 0 bridgehead atoms. The predicted molar refractivity (Wildman–Crippen MR) is 48.8 cm³/mol. The molecule has 0 heterocycles. The molecule has 0 aliphatic carbocycles. The van der Waals surface area contributed by atoms with Crippen LogP contribution >= 0.6 is 24.8 Å². The molecule has 6 heteroatoms. The van der Waals surface area contributed by atoms with Crippen molar-refractivity contribution in [3.63, 3.8) is 0 Å². The molecule has 0 atom stereocenters. The summed E-state index contributed by atoms with van der Waals surface area (Å²) in [5, 5.41) is 13.9. The van der Waals surface area contributed by atoms with Crippen LogP contribution in [0.3, 0.4) is 0 Å². The highest BCUT2D eigenvalue weighted by Gasteiger charge is 2.01. The van der Waals surface area contributed by atoms with E-state index in [1.54, 1.807) is 0 Å². The van der Waals surface area contributed by atoms with E-state index in [0.717, 1.165) is 0 Å². The van der Waals surface area contributed by atoms with Crippen LogP contribution in [-0.4, -0.2) is 32.4 Å². The Bertz CT molecular complexity index is 130. The monoisotopic (exact) mass is 202 g/mol. The number of ether oxygens (including phenoxy) is 2. The van der Waals surface area contributed by atoms with Crippen LogP contribution in [0, 0.1) is 10.8 Å². The fraction of sp³-hybridized carbons (Fsp3) is 0.600. The van der Waals surface area contributed by atoms with E-state index in [1.165, 1.54) is 14.2 Å². The average molecular weight is 203 g/mol. The lowest BCUT2D eigenvalue weighted by atomic mass is 10.4. The van der Waals surface area contributed by atoms with E-state index in [4.69, 9.17) is 10.8 Å². The average Bonchev–Trinajstić information content (AvgIpc) is 1.87. The maximum Gasteiger partial charge on any atom is 0.229 e. The molecule has 0 saturated heterocycles. The first-order chi connectivity index (χ1) is 4.22. The van der Waals surface area contributed by atoms with Crippen LogP contribution in [0.5, 0.6) is 0 Å². The standard InChI is InChI=1S/C5H10N2O2.2ClH/c1-8-3-4(6)5(7)9-2;;/h6-7H,3H2,1-2H3;2*1H. The van der Waals surface area contributed by atoms with Gasteiger partial charge in [-0.15, -0.1) is 24.8 Å². The van der Waals surface area contributed by atoms with E-state index in [1.807, 2.05) is 0 Å². The summed E-state index contributed by atoms with van der Waals surface area (Å²) in [7, 11) is 2.82. The summed E-state index contributed by atoms with van der Waals surface area (Å²) in [5.74, 6) is -0.142. The maximum absolute atomic E-state index is 7.02. The van der Waals surface area contributed by atoms with E-state index < -0.39 is 0 Å². The third-order valence-corrected chi connectivity index (χ3v) is 0.767. The Morgan fingerprint density at radius 1 is 1.18 bits per heavy atom. The first-order valence-electron chi connectivity index (χ1n) is 2.41. The van der Waals surface area contributed by atoms with Crippen molar-refractivity contribution in [1.82, 2.24) is 0 Å². The lowest BCUT2D eigenvalue weighted by Gasteiger charge is -2.00. The molecule has 0 unspecified atom stereocenters. The smallest absolute Gasteiger partial charge is 0.229 e. The van der Waals surface area contributed by atoms with Gasteiger partial charge >= 0.3 is 0 Å². The van der Waals surface area contributed by atoms with Crippen LogP contribution in [0.15, 0.2) is 0 Å². The fourth-order valence-corrected chi connectivity index (χ4v) is 0.333. The minimum atomic E-state index is -0.142. The summed E-state index contributed by atoms with van der Waals surface area (Å²) >= 11 is 0. The van der Waals surface area contributed by atoms with Gasteiger partial charge in [-0.2, -0.15) is 0 Å². The van der Waals surface area contributed by atoms with Gasteiger partial charge in [0.2, 0.25) is 5.90 Å². The Hall–Kier alpha value is -0.320. The molecule has 0 aliphatic heterocycles. The Balaban J connectivity index is -0.000000320. The van der Waals surface area contributed by atoms with Gasteiger partial charge in [0.25, 0.3) is 0 Å². The Morgan fingerprint density at radius 3 is 1.91 bits per heavy atom. The van der Waals surface area contributed by atoms with Gasteiger partial charge in [-0.05, 0) is 0 Å². The van der Waals surface area contributed by atoms with Crippen LogP contribution < -0.4 is 0 Å². The number of methoxy groups -OCH3 is 2. The first kappa shape index (κ1) is 17.0. The van der Waals surface area contributed by atoms with Crippen molar-refractivity contribution in [1.29, 1.82) is 10.8 Å². The summed E-state index contributed by atoms with van der Waals surface area (Å²) in [6.45, 7) is 0.132. The van der Waals surface area contributed by atoms with Crippen molar-refractivity contribution in [2.45, 2.75) is 0 Å². The molecule has 0 aliphatic rings. The normalized spacial score (nSPS) is 7.09. The largest absolute Gasteiger partial charge is 0.480 e. The molecule has 2 N–H and O–H groups in total. The molecular formula is C5H12Cl2N2O2. The summed E-state index contributed by atoms with van der Waals surface area (Å²) in [6.07, 6.45) is 0. The zero-order valence-electron chi connectivity index (χ0n) is 6.34. The summed E-state index contributed by atoms with van der Waals surface area (Å²) < 4.78 is 9.02. The van der Waals surface area contributed by atoms with Crippen LogP contribution in [-0.2, 0) is 9.47 Å². The van der Waals surface area contributed by atoms with Crippen LogP contribution in [0.4, 0.5) is 0 Å².